The summed E-state index contributed by atoms with van der Waals surface area (Å²) in [6.45, 7) is 3.84. The van der Waals surface area contributed by atoms with Crippen LogP contribution in [-0.2, 0) is 0 Å². The van der Waals surface area contributed by atoms with Gasteiger partial charge in [0.1, 0.15) is 5.75 Å². The topological polar surface area (TPSA) is 88.4 Å². The van der Waals surface area contributed by atoms with E-state index in [9.17, 15) is 15.1 Å². The van der Waals surface area contributed by atoms with Crippen molar-refractivity contribution >= 4 is 40.5 Å². The van der Waals surface area contributed by atoms with E-state index in [1.807, 2.05) is 13.8 Å². The fraction of sp³-hybridized carbons (Fsp3) is 0.526. The number of nitrogens with zero attached hydrogens (tertiary/aromatic N) is 3. The molecule has 3 N–H and O–H groups in total. The van der Waals surface area contributed by atoms with E-state index in [0.29, 0.717) is 4.32 Å². The summed E-state index contributed by atoms with van der Waals surface area (Å²) in [7, 11) is 0. The third kappa shape index (κ3) is 4.76. The van der Waals surface area contributed by atoms with Gasteiger partial charge in [-0.25, -0.2) is 9.80 Å². The van der Waals surface area contributed by atoms with Crippen molar-refractivity contribution in [3.05, 3.63) is 29.8 Å². The van der Waals surface area contributed by atoms with E-state index in [4.69, 9.17) is 12.2 Å². The number of thiocarbonyl (C=S) groups is 1. The minimum Gasteiger partial charge on any atom is -0.508 e. The van der Waals surface area contributed by atoms with E-state index in [0.717, 1.165) is 36.3 Å². The number of benzene rings is 1. The number of urea groups is 1. The van der Waals surface area contributed by atoms with Crippen LogP contribution in [0.15, 0.2) is 29.4 Å². The van der Waals surface area contributed by atoms with Gasteiger partial charge in [0.15, 0.2) is 10.5 Å². The average molecular weight is 423 g/mol. The van der Waals surface area contributed by atoms with Crippen LogP contribution in [0.25, 0.3) is 0 Å². The number of phenolic OH excluding ortho intramolecular Hbond substituents is 1. The summed E-state index contributed by atoms with van der Waals surface area (Å²) in [5.74, 6) is 0.171. The molecule has 0 radical (unpaired) electrons. The van der Waals surface area contributed by atoms with Gasteiger partial charge in [-0.1, -0.05) is 43.2 Å². The molecule has 1 saturated heterocycles. The smallest absolute Gasteiger partial charge is 0.343 e. The lowest BCUT2D eigenvalue weighted by atomic mass is 9.96. The number of carbonyl (C=O) groups is 1. The summed E-state index contributed by atoms with van der Waals surface area (Å²) >= 11 is 6.83. The van der Waals surface area contributed by atoms with E-state index < -0.39 is 16.9 Å². The Kier molecular flexibility index (Phi) is 6.47. The standard InChI is InChI=1S/C19H26N4O3S2/c1-19(2)16(23(26)17(25)21-14-6-4-3-5-7-14)22(18(27)28-19)20-12-13-8-10-15(24)11-9-13/h8-12,14,16,24,26H,3-7H2,1-2H3,(H,21,25)/b20-12+/t16-/m1/s1. The number of amides is 2. The highest BCUT2D eigenvalue weighted by molar-refractivity contribution is 8.24. The number of carbonyl (C=O) groups excluding carboxylic acids is 1. The SMILES string of the molecule is CC1(C)SC(=S)N(/N=C/c2ccc(O)cc2)[C@@H]1N(O)C(=O)NC1CCCCC1. The van der Waals surface area contributed by atoms with Crippen molar-refractivity contribution in [2.75, 3.05) is 0 Å². The first-order valence-corrected chi connectivity index (χ1v) is 10.6. The number of phenols is 1. The lowest BCUT2D eigenvalue weighted by Crippen LogP contribution is -2.57. The Morgan fingerprint density at radius 2 is 1.96 bits per heavy atom. The summed E-state index contributed by atoms with van der Waals surface area (Å²) < 4.78 is -0.0586. The molecule has 0 aromatic heterocycles. The number of hydrogen-bond donors (Lipinski definition) is 3. The molecule has 1 aliphatic carbocycles. The van der Waals surface area contributed by atoms with Crippen molar-refractivity contribution < 1.29 is 15.1 Å². The van der Waals surface area contributed by atoms with Gasteiger partial charge in [0.2, 0.25) is 0 Å². The second kappa shape index (κ2) is 8.67. The lowest BCUT2D eigenvalue weighted by molar-refractivity contribution is -0.119. The molecule has 1 aromatic carbocycles. The zero-order valence-electron chi connectivity index (χ0n) is 16.0. The normalized spacial score (nSPS) is 22.6. The molecule has 1 atom stereocenters. The van der Waals surface area contributed by atoms with Crippen molar-refractivity contribution in [3.8, 4) is 5.75 Å². The molecule has 28 heavy (non-hydrogen) atoms. The van der Waals surface area contributed by atoms with Crippen LogP contribution >= 0.6 is 24.0 Å². The number of hydroxylamine groups is 2. The van der Waals surface area contributed by atoms with Crippen molar-refractivity contribution in [2.45, 2.75) is 62.9 Å². The maximum absolute atomic E-state index is 12.7. The highest BCUT2D eigenvalue weighted by Gasteiger charge is 2.50. The first-order valence-electron chi connectivity index (χ1n) is 9.42. The number of hydrogen-bond acceptors (Lipinski definition) is 6. The molecule has 0 spiro atoms. The predicted octanol–water partition coefficient (Wildman–Crippen LogP) is 3.90. The van der Waals surface area contributed by atoms with Gasteiger partial charge in [-0.05, 0) is 56.5 Å². The van der Waals surface area contributed by atoms with E-state index >= 15 is 0 Å². The fourth-order valence-corrected chi connectivity index (χ4v) is 5.30. The molecule has 2 fully saturated rings. The monoisotopic (exact) mass is 422 g/mol. The third-order valence-electron chi connectivity index (χ3n) is 4.99. The molecule has 2 amide bonds. The number of thioether (sulfide) groups is 1. The highest BCUT2D eigenvalue weighted by Crippen LogP contribution is 2.42. The van der Waals surface area contributed by atoms with Crippen LogP contribution in [0.4, 0.5) is 4.79 Å². The molecule has 152 valence electrons. The molecule has 3 rings (SSSR count). The third-order valence-corrected chi connectivity index (χ3v) is 6.52. The summed E-state index contributed by atoms with van der Waals surface area (Å²) in [6, 6.07) is 6.13. The molecule has 2 aliphatic rings. The second-order valence-electron chi connectivity index (χ2n) is 7.65. The Morgan fingerprint density at radius 1 is 1.32 bits per heavy atom. The van der Waals surface area contributed by atoms with Crippen LogP contribution in [0.3, 0.4) is 0 Å². The van der Waals surface area contributed by atoms with Gasteiger partial charge in [0.05, 0.1) is 11.0 Å². The number of rotatable bonds is 4. The number of hydrazone groups is 1. The van der Waals surface area contributed by atoms with Crippen LogP contribution in [-0.4, -0.2) is 53.9 Å². The molecule has 9 heteroatoms. The highest BCUT2D eigenvalue weighted by atomic mass is 32.2. The summed E-state index contributed by atoms with van der Waals surface area (Å²) in [4.78, 5) is 12.7. The van der Waals surface area contributed by atoms with E-state index in [2.05, 4.69) is 10.4 Å². The Labute approximate surface area is 174 Å². The van der Waals surface area contributed by atoms with E-state index in [1.54, 1.807) is 30.5 Å². The molecular formula is C19H26N4O3S2. The van der Waals surface area contributed by atoms with Crippen molar-refractivity contribution in [3.63, 3.8) is 0 Å². The number of aromatic hydroxyl groups is 1. The van der Waals surface area contributed by atoms with Gasteiger partial charge in [0, 0.05) is 6.04 Å². The van der Waals surface area contributed by atoms with Gasteiger partial charge in [-0.15, -0.1) is 0 Å². The molecular weight excluding hydrogens is 396 g/mol. The van der Waals surface area contributed by atoms with E-state index in [-0.39, 0.29) is 11.8 Å². The minimum atomic E-state index is -0.734. The Bertz CT molecular complexity index is 748. The Hall–Kier alpha value is -1.84. The maximum Gasteiger partial charge on any atom is 0.343 e. The fourth-order valence-electron chi connectivity index (χ4n) is 3.52. The van der Waals surface area contributed by atoms with Crippen LogP contribution in [0.1, 0.15) is 51.5 Å². The van der Waals surface area contributed by atoms with Crippen molar-refractivity contribution in [2.24, 2.45) is 5.10 Å². The molecule has 1 saturated carbocycles. The van der Waals surface area contributed by atoms with Crippen LogP contribution < -0.4 is 5.32 Å². The minimum absolute atomic E-state index is 0.0916. The zero-order valence-corrected chi connectivity index (χ0v) is 17.7. The first kappa shape index (κ1) is 20.9. The molecule has 7 nitrogen and oxygen atoms in total. The maximum atomic E-state index is 12.7. The molecule has 0 bridgehead atoms. The van der Waals surface area contributed by atoms with Gasteiger partial charge in [-0.2, -0.15) is 10.2 Å². The van der Waals surface area contributed by atoms with Gasteiger partial charge >= 0.3 is 6.03 Å². The second-order valence-corrected chi connectivity index (χ2v) is 9.94. The Morgan fingerprint density at radius 3 is 2.61 bits per heavy atom. The molecule has 1 aromatic rings. The quantitative estimate of drug-likeness (QED) is 0.295. The average Bonchev–Trinajstić information content (AvgIpc) is 2.89. The van der Waals surface area contributed by atoms with Gasteiger partial charge in [-0.3, -0.25) is 5.21 Å². The van der Waals surface area contributed by atoms with Crippen LogP contribution in [0.2, 0.25) is 0 Å². The van der Waals surface area contributed by atoms with Gasteiger partial charge < -0.3 is 10.4 Å². The van der Waals surface area contributed by atoms with E-state index in [1.165, 1.54) is 23.2 Å². The summed E-state index contributed by atoms with van der Waals surface area (Å²) in [5.41, 5.74) is 0.769. The zero-order chi connectivity index (χ0) is 20.3. The van der Waals surface area contributed by atoms with Crippen molar-refractivity contribution in [1.29, 1.82) is 0 Å². The van der Waals surface area contributed by atoms with Crippen LogP contribution in [0, 0.1) is 0 Å². The summed E-state index contributed by atoms with van der Waals surface area (Å²) in [6.07, 6.45) is 6.10. The first-order chi connectivity index (χ1) is 13.3. The van der Waals surface area contributed by atoms with Crippen molar-refractivity contribution in [1.82, 2.24) is 15.4 Å². The van der Waals surface area contributed by atoms with Gasteiger partial charge in [0.25, 0.3) is 0 Å². The number of nitrogens with one attached hydrogen (secondary N) is 1. The lowest BCUT2D eigenvalue weighted by Gasteiger charge is -2.35. The molecule has 1 heterocycles. The Balaban J connectivity index is 1.75. The largest absolute Gasteiger partial charge is 0.508 e. The predicted molar refractivity (Wildman–Crippen MR) is 115 cm³/mol. The van der Waals surface area contributed by atoms with Crippen LogP contribution in [0.5, 0.6) is 5.75 Å². The summed E-state index contributed by atoms with van der Waals surface area (Å²) in [5, 5.41) is 29.7. The molecule has 0 unspecified atom stereocenters. The molecule has 1 aliphatic heterocycles.